The van der Waals surface area contributed by atoms with Crippen LogP contribution in [0.5, 0.6) is 0 Å². The highest BCUT2D eigenvalue weighted by Crippen LogP contribution is 2.32. The van der Waals surface area contributed by atoms with Gasteiger partial charge in [-0.1, -0.05) is 36.4 Å². The zero-order chi connectivity index (χ0) is 23.9. The highest BCUT2D eigenvalue weighted by atomic mass is 32.2. The van der Waals surface area contributed by atoms with Crippen molar-refractivity contribution in [2.45, 2.75) is 30.9 Å². The predicted molar refractivity (Wildman–Crippen MR) is 135 cm³/mol. The van der Waals surface area contributed by atoms with Crippen LogP contribution in [0.3, 0.4) is 0 Å². The van der Waals surface area contributed by atoms with Crippen molar-refractivity contribution in [3.63, 3.8) is 0 Å². The summed E-state index contributed by atoms with van der Waals surface area (Å²) in [7, 11) is -3.61. The van der Waals surface area contributed by atoms with Gasteiger partial charge >= 0.3 is 0 Å². The van der Waals surface area contributed by atoms with Gasteiger partial charge < -0.3 is 5.32 Å². The van der Waals surface area contributed by atoms with E-state index in [0.29, 0.717) is 35.1 Å². The van der Waals surface area contributed by atoms with Crippen molar-refractivity contribution in [1.29, 1.82) is 0 Å². The second-order valence-corrected chi connectivity index (χ2v) is 12.1. The van der Waals surface area contributed by atoms with Gasteiger partial charge in [0.25, 0.3) is 10.0 Å². The number of hydrogen-bond acceptors (Lipinski definition) is 5. The number of carbonyl (C=O) groups is 1. The monoisotopic (exact) mass is 494 g/mol. The lowest BCUT2D eigenvalue weighted by Gasteiger charge is -2.30. The molecule has 1 fully saturated rings. The topological polar surface area (TPSA) is 83.8 Å². The van der Waals surface area contributed by atoms with Gasteiger partial charge in [0, 0.05) is 29.7 Å². The number of aryl methyl sites for hydroxylation is 2. The van der Waals surface area contributed by atoms with E-state index >= 15 is 0 Å². The van der Waals surface area contributed by atoms with Crippen LogP contribution in [0.25, 0.3) is 16.9 Å². The van der Waals surface area contributed by atoms with Crippen molar-refractivity contribution in [2.24, 2.45) is 5.92 Å². The number of benzene rings is 1. The first kappa shape index (κ1) is 22.8. The Labute approximate surface area is 203 Å². The third kappa shape index (κ3) is 4.15. The highest BCUT2D eigenvalue weighted by molar-refractivity contribution is 7.91. The first-order valence-electron chi connectivity index (χ1n) is 11.2. The second kappa shape index (κ2) is 8.98. The molecule has 7 nitrogen and oxygen atoms in total. The number of nitrogens with zero attached hydrogens (tertiary/aromatic N) is 3. The number of pyridine rings is 1. The van der Waals surface area contributed by atoms with Gasteiger partial charge in [0.2, 0.25) is 5.91 Å². The first-order valence-corrected chi connectivity index (χ1v) is 13.5. The Balaban J connectivity index is 1.44. The molecule has 0 aliphatic carbocycles. The molecule has 1 aliphatic rings. The van der Waals surface area contributed by atoms with Crippen LogP contribution in [0.1, 0.15) is 23.3 Å². The van der Waals surface area contributed by atoms with E-state index in [1.165, 1.54) is 15.6 Å². The number of thiophene rings is 1. The Kier molecular flexibility index (Phi) is 6.01. The minimum absolute atomic E-state index is 0.168. The number of fused-ring (bicyclic) bond motifs is 1. The van der Waals surface area contributed by atoms with E-state index < -0.39 is 15.9 Å². The number of amides is 1. The fraction of sp³-hybridized carbons (Fsp3) is 0.280. The Morgan fingerprint density at radius 1 is 1.09 bits per heavy atom. The molecular formula is C25H26N4O3S2. The van der Waals surface area contributed by atoms with Crippen molar-refractivity contribution in [3.05, 3.63) is 71.2 Å². The molecule has 3 aromatic heterocycles. The smallest absolute Gasteiger partial charge is 0.252 e. The van der Waals surface area contributed by atoms with Crippen LogP contribution in [-0.4, -0.2) is 41.1 Å². The van der Waals surface area contributed by atoms with E-state index in [9.17, 15) is 13.2 Å². The fourth-order valence-corrected chi connectivity index (χ4v) is 7.35. The van der Waals surface area contributed by atoms with Gasteiger partial charge in [-0.15, -0.1) is 11.3 Å². The number of piperidine rings is 1. The average molecular weight is 495 g/mol. The van der Waals surface area contributed by atoms with Gasteiger partial charge in [-0.2, -0.15) is 4.31 Å². The molecule has 9 heteroatoms. The molecule has 0 saturated carbocycles. The number of imidazole rings is 1. The Morgan fingerprint density at radius 2 is 1.88 bits per heavy atom. The lowest BCUT2D eigenvalue weighted by molar-refractivity contribution is -0.120. The fourth-order valence-electron chi connectivity index (χ4n) is 4.39. The molecule has 0 radical (unpaired) electrons. The Hall–Kier alpha value is -3.01. The van der Waals surface area contributed by atoms with Crippen LogP contribution < -0.4 is 5.32 Å². The van der Waals surface area contributed by atoms with Gasteiger partial charge in [0.15, 0.2) is 0 Å². The van der Waals surface area contributed by atoms with Crippen molar-refractivity contribution in [1.82, 2.24) is 13.7 Å². The Morgan fingerprint density at radius 3 is 2.62 bits per heavy atom. The van der Waals surface area contributed by atoms with Gasteiger partial charge in [-0.3, -0.25) is 9.20 Å². The third-order valence-corrected chi connectivity index (χ3v) is 9.53. The maximum Gasteiger partial charge on any atom is 0.252 e. The van der Waals surface area contributed by atoms with Gasteiger partial charge in [-0.25, -0.2) is 13.4 Å². The van der Waals surface area contributed by atoms with Gasteiger partial charge in [0.1, 0.15) is 21.4 Å². The van der Waals surface area contributed by atoms with E-state index in [2.05, 4.69) is 5.32 Å². The van der Waals surface area contributed by atoms with Crippen molar-refractivity contribution in [3.8, 4) is 11.3 Å². The lowest BCUT2D eigenvalue weighted by Crippen LogP contribution is -2.43. The zero-order valence-corrected chi connectivity index (χ0v) is 20.7. The zero-order valence-electron chi connectivity index (χ0n) is 19.1. The molecule has 0 bridgehead atoms. The summed E-state index contributed by atoms with van der Waals surface area (Å²) in [5.41, 5.74) is 3.37. The maximum absolute atomic E-state index is 13.4. The summed E-state index contributed by atoms with van der Waals surface area (Å²) >= 11 is 1.26. The average Bonchev–Trinajstić information content (AvgIpc) is 3.45. The molecule has 1 aromatic carbocycles. The minimum Gasteiger partial charge on any atom is -0.310 e. The molecule has 1 saturated heterocycles. The van der Waals surface area contributed by atoms with Crippen LogP contribution in [-0.2, 0) is 14.8 Å². The highest BCUT2D eigenvalue weighted by Gasteiger charge is 2.34. The van der Waals surface area contributed by atoms with Crippen molar-refractivity contribution in [2.75, 3.05) is 18.4 Å². The lowest BCUT2D eigenvalue weighted by atomic mass is 9.99. The molecule has 4 aromatic rings. The molecule has 1 amide bonds. The molecule has 1 atom stereocenters. The molecular weight excluding hydrogens is 468 g/mol. The molecule has 1 aliphatic heterocycles. The minimum atomic E-state index is -3.61. The molecule has 4 heterocycles. The largest absolute Gasteiger partial charge is 0.310 e. The molecule has 1 unspecified atom stereocenters. The van der Waals surface area contributed by atoms with Crippen LogP contribution in [0.2, 0.25) is 0 Å². The summed E-state index contributed by atoms with van der Waals surface area (Å²) in [6.45, 7) is 4.46. The number of carbonyl (C=O) groups excluding carboxylic acids is 1. The predicted octanol–water partition coefficient (Wildman–Crippen LogP) is 4.72. The van der Waals surface area contributed by atoms with E-state index in [0.717, 1.165) is 21.7 Å². The van der Waals surface area contributed by atoms with Crippen LogP contribution >= 0.6 is 11.3 Å². The Bertz CT molecular complexity index is 1460. The molecule has 1 N–H and O–H groups in total. The van der Waals surface area contributed by atoms with Crippen LogP contribution in [0.15, 0.2) is 65.0 Å². The van der Waals surface area contributed by atoms with E-state index in [-0.39, 0.29) is 12.5 Å². The van der Waals surface area contributed by atoms with Crippen LogP contribution in [0.4, 0.5) is 5.82 Å². The third-order valence-electron chi connectivity index (χ3n) is 6.20. The van der Waals surface area contributed by atoms with Crippen molar-refractivity contribution < 1.29 is 13.2 Å². The summed E-state index contributed by atoms with van der Waals surface area (Å²) in [6, 6.07) is 17.1. The second-order valence-electron chi connectivity index (χ2n) is 8.62. The normalized spacial score (nSPS) is 17.2. The summed E-state index contributed by atoms with van der Waals surface area (Å²) in [5, 5.41) is 3.09. The van der Waals surface area contributed by atoms with Crippen LogP contribution in [0, 0.1) is 19.8 Å². The van der Waals surface area contributed by atoms with Gasteiger partial charge in [-0.05, 0) is 50.5 Å². The van der Waals surface area contributed by atoms with E-state index in [1.54, 1.807) is 6.07 Å². The number of nitrogens with one attached hydrogen (secondary N) is 1. The summed E-state index contributed by atoms with van der Waals surface area (Å²) in [5.74, 6) is -0.0323. The standard InChI is InChI=1S/C25H26N4O3S2/c1-17-8-6-15-29-23(17)26-22(19-9-4-3-5-10-19)24(29)27-25(30)20-11-7-14-28(16-20)34(31,32)21-13-12-18(2)33-21/h3-6,8-10,12-13,15,20H,7,11,14,16H2,1-2H3,(H,27,30). The number of sulfonamides is 1. The number of anilines is 1. The quantitative estimate of drug-likeness (QED) is 0.435. The molecule has 5 rings (SSSR count). The summed E-state index contributed by atoms with van der Waals surface area (Å²) in [6.07, 6.45) is 3.16. The summed E-state index contributed by atoms with van der Waals surface area (Å²) in [4.78, 5) is 19.2. The molecule has 34 heavy (non-hydrogen) atoms. The molecule has 0 spiro atoms. The van der Waals surface area contributed by atoms with Gasteiger partial charge in [0.05, 0.1) is 5.92 Å². The van der Waals surface area contributed by atoms with E-state index in [4.69, 9.17) is 4.98 Å². The number of hydrogen-bond donors (Lipinski definition) is 1. The van der Waals surface area contributed by atoms with Crippen molar-refractivity contribution >= 4 is 38.7 Å². The molecule has 176 valence electrons. The number of rotatable bonds is 5. The SMILES string of the molecule is Cc1ccc(S(=O)(=O)N2CCCC(C(=O)Nc3c(-c4ccccc4)nc4c(C)cccn34)C2)s1. The summed E-state index contributed by atoms with van der Waals surface area (Å²) < 4.78 is 29.9. The van der Waals surface area contributed by atoms with E-state index in [1.807, 2.05) is 73.0 Å². The first-order chi connectivity index (χ1) is 16.3. The number of aromatic nitrogens is 2. The maximum atomic E-state index is 13.4.